The van der Waals surface area contributed by atoms with E-state index in [9.17, 15) is 25.0 Å². The molecular formula is C17H16N2O6. The third kappa shape index (κ3) is 4.84. The van der Waals surface area contributed by atoms with Crippen LogP contribution in [-0.4, -0.2) is 21.9 Å². The first-order valence-electron chi connectivity index (χ1n) is 7.56. The quantitative estimate of drug-likeness (QED) is 0.430. The monoisotopic (exact) mass is 344 g/mol. The number of carbonyl (C=O) groups excluding carboxylic acids is 1. The van der Waals surface area contributed by atoms with E-state index >= 15 is 0 Å². The summed E-state index contributed by atoms with van der Waals surface area (Å²) in [5.74, 6) is -0.873. The average molecular weight is 344 g/mol. The lowest BCUT2D eigenvalue weighted by molar-refractivity contribution is -0.394. The summed E-state index contributed by atoms with van der Waals surface area (Å²) in [6.07, 6.45) is 0.788. The van der Waals surface area contributed by atoms with Crippen molar-refractivity contribution in [1.29, 1.82) is 0 Å². The number of non-ortho nitro benzene ring substituents is 1. The van der Waals surface area contributed by atoms with E-state index in [1.807, 2.05) is 30.3 Å². The third-order valence-corrected chi connectivity index (χ3v) is 3.60. The number of ether oxygens (including phenoxy) is 1. The molecule has 0 bridgehead atoms. The number of hydrogen-bond acceptors (Lipinski definition) is 6. The van der Waals surface area contributed by atoms with Crippen LogP contribution in [0.1, 0.15) is 29.3 Å². The van der Waals surface area contributed by atoms with Gasteiger partial charge in [0.1, 0.15) is 5.56 Å². The third-order valence-electron chi connectivity index (χ3n) is 3.60. The molecule has 0 heterocycles. The Morgan fingerprint density at radius 2 is 1.76 bits per heavy atom. The van der Waals surface area contributed by atoms with Crippen molar-refractivity contribution in [3.05, 3.63) is 79.9 Å². The van der Waals surface area contributed by atoms with Crippen LogP contribution in [0, 0.1) is 20.2 Å². The number of aryl methyl sites for hydroxylation is 1. The minimum absolute atomic E-state index is 0.304. The molecule has 8 heteroatoms. The Morgan fingerprint density at radius 3 is 2.36 bits per heavy atom. The van der Waals surface area contributed by atoms with Crippen LogP contribution in [0.15, 0.2) is 48.5 Å². The molecule has 0 aromatic heterocycles. The molecule has 0 unspecified atom stereocenters. The fraction of sp³-hybridized carbons (Fsp3) is 0.235. The maximum atomic E-state index is 12.2. The number of rotatable bonds is 7. The topological polar surface area (TPSA) is 113 Å². The van der Waals surface area contributed by atoms with Crippen LogP contribution < -0.4 is 0 Å². The molecule has 2 rings (SSSR count). The van der Waals surface area contributed by atoms with Gasteiger partial charge in [-0.25, -0.2) is 4.79 Å². The summed E-state index contributed by atoms with van der Waals surface area (Å²) >= 11 is 0. The van der Waals surface area contributed by atoms with Gasteiger partial charge in [0.25, 0.3) is 11.4 Å². The Labute approximate surface area is 143 Å². The highest BCUT2D eigenvalue weighted by Crippen LogP contribution is 2.25. The second kappa shape index (κ2) is 8.00. The number of nitro groups is 2. The van der Waals surface area contributed by atoms with Crippen molar-refractivity contribution in [3.63, 3.8) is 0 Å². The molecule has 0 fully saturated rings. The van der Waals surface area contributed by atoms with Gasteiger partial charge in [0.2, 0.25) is 0 Å². The highest BCUT2D eigenvalue weighted by atomic mass is 16.6. The van der Waals surface area contributed by atoms with E-state index in [0.29, 0.717) is 12.8 Å². The van der Waals surface area contributed by atoms with Gasteiger partial charge in [-0.1, -0.05) is 30.3 Å². The normalized spacial score (nSPS) is 11.6. The van der Waals surface area contributed by atoms with Gasteiger partial charge in [0.05, 0.1) is 22.0 Å². The maximum absolute atomic E-state index is 12.2. The molecule has 0 N–H and O–H groups in total. The molecule has 0 saturated carbocycles. The molecule has 0 aliphatic heterocycles. The second-order valence-electron chi connectivity index (χ2n) is 5.46. The van der Waals surface area contributed by atoms with Crippen molar-refractivity contribution < 1.29 is 19.4 Å². The van der Waals surface area contributed by atoms with Gasteiger partial charge >= 0.3 is 5.97 Å². The van der Waals surface area contributed by atoms with Gasteiger partial charge in [-0.2, -0.15) is 0 Å². The summed E-state index contributed by atoms with van der Waals surface area (Å²) in [5, 5.41) is 21.8. The van der Waals surface area contributed by atoms with Crippen molar-refractivity contribution in [2.75, 3.05) is 0 Å². The fourth-order valence-electron chi connectivity index (χ4n) is 2.28. The predicted molar refractivity (Wildman–Crippen MR) is 89.4 cm³/mol. The number of esters is 1. The summed E-state index contributed by atoms with van der Waals surface area (Å²) in [6, 6.07) is 12.5. The number of benzene rings is 2. The molecule has 0 saturated heterocycles. The van der Waals surface area contributed by atoms with Gasteiger partial charge in [-0.3, -0.25) is 20.2 Å². The van der Waals surface area contributed by atoms with Gasteiger partial charge in [0, 0.05) is 6.07 Å². The van der Waals surface area contributed by atoms with Crippen LogP contribution in [0.5, 0.6) is 0 Å². The number of nitrogens with zero attached hydrogens (tertiary/aromatic N) is 2. The van der Waals surface area contributed by atoms with Crippen molar-refractivity contribution in [2.24, 2.45) is 0 Å². The van der Waals surface area contributed by atoms with Crippen molar-refractivity contribution in [2.45, 2.75) is 25.9 Å². The Balaban J connectivity index is 2.06. The van der Waals surface area contributed by atoms with Gasteiger partial charge < -0.3 is 4.74 Å². The second-order valence-corrected chi connectivity index (χ2v) is 5.46. The molecule has 2 aromatic rings. The largest absolute Gasteiger partial charge is 0.459 e. The molecule has 0 amide bonds. The Hall–Kier alpha value is -3.29. The zero-order valence-electron chi connectivity index (χ0n) is 13.5. The first-order chi connectivity index (χ1) is 11.9. The minimum atomic E-state index is -0.873. The summed E-state index contributed by atoms with van der Waals surface area (Å²) in [7, 11) is 0. The first kappa shape index (κ1) is 18.1. The average Bonchev–Trinajstić information content (AvgIpc) is 2.60. The SMILES string of the molecule is C[C@H](CCc1ccccc1)OC(=O)c1ccc([N+](=O)[O-])cc1[N+](=O)[O-]. The van der Waals surface area contributed by atoms with E-state index in [4.69, 9.17) is 4.74 Å². The van der Waals surface area contributed by atoms with Crippen LogP contribution in [-0.2, 0) is 11.2 Å². The number of hydrogen-bond donors (Lipinski definition) is 0. The van der Waals surface area contributed by atoms with Crippen molar-refractivity contribution >= 4 is 17.3 Å². The van der Waals surface area contributed by atoms with Crippen LogP contribution in [0.2, 0.25) is 0 Å². The molecule has 0 spiro atoms. The predicted octanol–water partition coefficient (Wildman–Crippen LogP) is 3.68. The van der Waals surface area contributed by atoms with E-state index in [0.717, 1.165) is 23.8 Å². The standard InChI is InChI=1S/C17H16N2O6/c1-12(7-8-13-5-3-2-4-6-13)25-17(20)15-10-9-14(18(21)22)11-16(15)19(23)24/h2-6,9-12H,7-8H2,1H3/t12-/m1/s1. The Kier molecular flexibility index (Phi) is 5.78. The smallest absolute Gasteiger partial charge is 0.345 e. The molecule has 1 atom stereocenters. The molecule has 0 radical (unpaired) electrons. The maximum Gasteiger partial charge on any atom is 0.345 e. The highest BCUT2D eigenvalue weighted by molar-refractivity contribution is 5.94. The molecule has 2 aromatic carbocycles. The van der Waals surface area contributed by atoms with Crippen LogP contribution in [0.4, 0.5) is 11.4 Å². The van der Waals surface area contributed by atoms with E-state index in [1.54, 1.807) is 6.92 Å². The molecule has 25 heavy (non-hydrogen) atoms. The van der Waals surface area contributed by atoms with Gasteiger partial charge in [0.15, 0.2) is 0 Å². The molecular weight excluding hydrogens is 328 g/mol. The first-order valence-corrected chi connectivity index (χ1v) is 7.56. The summed E-state index contributed by atoms with van der Waals surface area (Å²) in [4.78, 5) is 32.4. The lowest BCUT2D eigenvalue weighted by Crippen LogP contribution is -2.17. The number of carbonyl (C=O) groups is 1. The van der Waals surface area contributed by atoms with Gasteiger partial charge in [-0.05, 0) is 31.4 Å². The van der Waals surface area contributed by atoms with Crippen LogP contribution in [0.3, 0.4) is 0 Å². The molecule has 8 nitrogen and oxygen atoms in total. The minimum Gasteiger partial charge on any atom is -0.459 e. The van der Waals surface area contributed by atoms with Crippen LogP contribution in [0.25, 0.3) is 0 Å². The van der Waals surface area contributed by atoms with E-state index < -0.39 is 33.3 Å². The van der Waals surface area contributed by atoms with E-state index in [-0.39, 0.29) is 5.56 Å². The van der Waals surface area contributed by atoms with Crippen molar-refractivity contribution in [3.8, 4) is 0 Å². The summed E-state index contributed by atoms with van der Waals surface area (Å²) in [6.45, 7) is 1.69. The lowest BCUT2D eigenvalue weighted by atomic mass is 10.1. The number of nitro benzene ring substituents is 2. The highest BCUT2D eigenvalue weighted by Gasteiger charge is 2.26. The summed E-state index contributed by atoms with van der Waals surface area (Å²) < 4.78 is 5.24. The van der Waals surface area contributed by atoms with E-state index in [1.165, 1.54) is 0 Å². The Bertz CT molecular complexity index is 791. The zero-order valence-corrected chi connectivity index (χ0v) is 13.5. The molecule has 0 aliphatic rings. The molecule has 130 valence electrons. The fourth-order valence-corrected chi connectivity index (χ4v) is 2.28. The zero-order chi connectivity index (χ0) is 18.4. The summed E-state index contributed by atoms with van der Waals surface area (Å²) in [5.41, 5.74) is -0.316. The lowest BCUT2D eigenvalue weighted by Gasteiger charge is -2.13. The molecule has 0 aliphatic carbocycles. The van der Waals surface area contributed by atoms with E-state index in [2.05, 4.69) is 0 Å². The van der Waals surface area contributed by atoms with Crippen molar-refractivity contribution in [1.82, 2.24) is 0 Å². The van der Waals surface area contributed by atoms with Gasteiger partial charge in [-0.15, -0.1) is 0 Å². The van der Waals surface area contributed by atoms with Crippen LogP contribution >= 0.6 is 0 Å². The Morgan fingerprint density at radius 1 is 1.08 bits per heavy atom.